The summed E-state index contributed by atoms with van der Waals surface area (Å²) in [7, 11) is 0. The van der Waals surface area contributed by atoms with Crippen LogP contribution in [0.15, 0.2) is 18.5 Å². The van der Waals surface area contributed by atoms with Crippen molar-refractivity contribution >= 4 is 0 Å². The number of hydrogen-bond acceptors (Lipinski definition) is 2. The molecule has 0 spiro atoms. The second-order valence-electron chi connectivity index (χ2n) is 2.68. The van der Waals surface area contributed by atoms with Crippen LogP contribution in [0.25, 0.3) is 0 Å². The fraction of sp³-hybridized carbons (Fsp3) is 0.375. The Hall–Kier alpha value is -1.10. The molecule has 0 amide bonds. The molecule has 1 aromatic heterocycles. The van der Waals surface area contributed by atoms with E-state index in [2.05, 4.69) is 4.98 Å². The molecule has 2 nitrogen and oxygen atoms in total. The van der Waals surface area contributed by atoms with Crippen LogP contribution >= 0.6 is 0 Å². The van der Waals surface area contributed by atoms with Gasteiger partial charge in [0.25, 0.3) is 0 Å². The number of halogens is 3. The van der Waals surface area contributed by atoms with Gasteiger partial charge in [-0.25, -0.2) is 0 Å². The third-order valence-electron chi connectivity index (χ3n) is 1.68. The molecular formula is C8H8F3NO. The second-order valence-corrected chi connectivity index (χ2v) is 2.68. The fourth-order valence-corrected chi connectivity index (χ4v) is 0.939. The van der Waals surface area contributed by atoms with E-state index in [9.17, 15) is 13.2 Å². The summed E-state index contributed by atoms with van der Waals surface area (Å²) >= 11 is 0. The third-order valence-corrected chi connectivity index (χ3v) is 1.68. The van der Waals surface area contributed by atoms with E-state index in [0.29, 0.717) is 5.56 Å². The summed E-state index contributed by atoms with van der Waals surface area (Å²) in [6, 6.07) is 1.42. The lowest BCUT2D eigenvalue weighted by Crippen LogP contribution is -2.21. The lowest BCUT2D eigenvalue weighted by molar-refractivity contribution is -0.207. The number of aliphatic hydroxyl groups is 1. The van der Waals surface area contributed by atoms with Crippen molar-refractivity contribution in [1.29, 1.82) is 0 Å². The third kappa shape index (κ3) is 2.18. The summed E-state index contributed by atoms with van der Waals surface area (Å²) in [5, 5.41) is 8.87. The molecule has 0 radical (unpaired) electrons. The van der Waals surface area contributed by atoms with Crippen LogP contribution in [0.2, 0.25) is 0 Å². The summed E-state index contributed by atoms with van der Waals surface area (Å²) in [4.78, 5) is 3.52. The van der Waals surface area contributed by atoms with Gasteiger partial charge in [0.1, 0.15) is 0 Å². The minimum Gasteiger partial charge on any atom is -0.379 e. The van der Waals surface area contributed by atoms with E-state index >= 15 is 0 Å². The average Bonchev–Trinajstić information content (AvgIpc) is 2.02. The summed E-state index contributed by atoms with van der Waals surface area (Å²) in [5.41, 5.74) is 0.176. The van der Waals surface area contributed by atoms with E-state index in [4.69, 9.17) is 5.11 Å². The molecule has 1 heterocycles. The Morgan fingerprint density at radius 3 is 2.54 bits per heavy atom. The molecule has 13 heavy (non-hydrogen) atoms. The predicted molar refractivity (Wildman–Crippen MR) is 40.0 cm³/mol. The monoisotopic (exact) mass is 191 g/mol. The largest absolute Gasteiger partial charge is 0.418 e. The molecule has 1 N–H and O–H groups in total. The minimum absolute atomic E-state index is 0.199. The molecule has 0 saturated heterocycles. The Balaban J connectivity index is 3.02. The van der Waals surface area contributed by atoms with Crippen molar-refractivity contribution in [3.8, 4) is 0 Å². The first-order chi connectivity index (χ1) is 5.93. The quantitative estimate of drug-likeness (QED) is 0.736. The first kappa shape index (κ1) is 9.98. The van der Waals surface area contributed by atoms with Gasteiger partial charge in [0.05, 0.1) is 0 Å². The highest BCUT2D eigenvalue weighted by Crippen LogP contribution is 2.33. The molecule has 72 valence electrons. The van der Waals surface area contributed by atoms with Crippen LogP contribution in [0.3, 0.4) is 0 Å². The molecule has 0 aliphatic carbocycles. The number of aromatic nitrogens is 1. The number of nitrogens with zero attached hydrogens (tertiary/aromatic N) is 1. The highest BCUT2D eigenvalue weighted by molar-refractivity contribution is 5.24. The molecule has 1 atom stereocenters. The Morgan fingerprint density at radius 2 is 2.08 bits per heavy atom. The SMILES string of the molecule is Cc1ccncc1[C@@H](O)C(F)(F)F. The molecule has 0 aromatic carbocycles. The van der Waals surface area contributed by atoms with Crippen LogP contribution in [0.5, 0.6) is 0 Å². The molecule has 0 aliphatic heterocycles. The molecule has 0 aliphatic rings. The second kappa shape index (κ2) is 3.33. The maximum Gasteiger partial charge on any atom is 0.418 e. The van der Waals surface area contributed by atoms with Crippen molar-refractivity contribution < 1.29 is 18.3 Å². The average molecular weight is 191 g/mol. The van der Waals surface area contributed by atoms with Gasteiger partial charge in [-0.05, 0) is 18.6 Å². The molecule has 0 saturated carbocycles. The zero-order chi connectivity index (χ0) is 10.1. The van der Waals surface area contributed by atoms with Crippen molar-refractivity contribution in [2.45, 2.75) is 19.2 Å². The van der Waals surface area contributed by atoms with E-state index in [1.807, 2.05) is 0 Å². The maximum absolute atomic E-state index is 12.0. The van der Waals surface area contributed by atoms with Gasteiger partial charge in [-0.1, -0.05) is 0 Å². The molecule has 1 aromatic rings. The van der Waals surface area contributed by atoms with Crippen LogP contribution < -0.4 is 0 Å². The van der Waals surface area contributed by atoms with Crippen LogP contribution in [-0.4, -0.2) is 16.3 Å². The molecule has 0 bridgehead atoms. The molecular weight excluding hydrogens is 183 g/mol. The van der Waals surface area contributed by atoms with Gasteiger partial charge in [-0.2, -0.15) is 13.2 Å². The Labute approximate surface area is 73.0 Å². The normalized spacial score (nSPS) is 14.2. The minimum atomic E-state index is -4.63. The summed E-state index contributed by atoms with van der Waals surface area (Å²) < 4.78 is 36.1. The number of pyridine rings is 1. The van der Waals surface area contributed by atoms with Gasteiger partial charge in [-0.3, -0.25) is 4.98 Å². The molecule has 1 rings (SSSR count). The van der Waals surface area contributed by atoms with E-state index in [0.717, 1.165) is 6.20 Å². The van der Waals surface area contributed by atoms with Crippen molar-refractivity contribution in [2.75, 3.05) is 0 Å². The number of rotatable bonds is 1. The molecule has 5 heteroatoms. The van der Waals surface area contributed by atoms with E-state index in [-0.39, 0.29) is 5.56 Å². The van der Waals surface area contributed by atoms with Gasteiger partial charge in [-0.15, -0.1) is 0 Å². The van der Waals surface area contributed by atoms with Crippen LogP contribution in [-0.2, 0) is 0 Å². The van der Waals surface area contributed by atoms with Gasteiger partial charge in [0, 0.05) is 18.0 Å². The summed E-state index contributed by atoms with van der Waals surface area (Å²) in [6.07, 6.45) is -4.68. The van der Waals surface area contributed by atoms with Crippen molar-refractivity contribution in [3.63, 3.8) is 0 Å². The number of alkyl halides is 3. The predicted octanol–water partition coefficient (Wildman–Crippen LogP) is 1.99. The summed E-state index contributed by atoms with van der Waals surface area (Å²) in [6.45, 7) is 1.49. The van der Waals surface area contributed by atoms with E-state index < -0.39 is 12.3 Å². The Bertz CT molecular complexity index is 298. The highest BCUT2D eigenvalue weighted by atomic mass is 19.4. The first-order valence-corrected chi connectivity index (χ1v) is 3.58. The number of aliphatic hydroxyl groups excluding tert-OH is 1. The molecule has 0 unspecified atom stereocenters. The maximum atomic E-state index is 12.0. The first-order valence-electron chi connectivity index (χ1n) is 3.58. The van der Waals surface area contributed by atoms with E-state index in [1.54, 1.807) is 0 Å². The number of aryl methyl sites for hydroxylation is 1. The topological polar surface area (TPSA) is 33.1 Å². The van der Waals surface area contributed by atoms with Crippen molar-refractivity contribution in [3.05, 3.63) is 29.6 Å². The van der Waals surface area contributed by atoms with Crippen LogP contribution in [0.1, 0.15) is 17.2 Å². The van der Waals surface area contributed by atoms with Gasteiger partial charge in [0.15, 0.2) is 6.10 Å². The van der Waals surface area contributed by atoms with Gasteiger partial charge in [0.2, 0.25) is 0 Å². The van der Waals surface area contributed by atoms with Crippen LogP contribution in [0.4, 0.5) is 13.2 Å². The Kier molecular flexibility index (Phi) is 2.56. The van der Waals surface area contributed by atoms with E-state index in [1.165, 1.54) is 19.2 Å². The standard InChI is InChI=1S/C8H8F3NO/c1-5-2-3-12-4-6(5)7(13)8(9,10)11/h2-4,7,13H,1H3/t7-/m1/s1. The van der Waals surface area contributed by atoms with Gasteiger partial charge >= 0.3 is 6.18 Å². The summed E-state index contributed by atoms with van der Waals surface area (Å²) in [5.74, 6) is 0. The zero-order valence-corrected chi connectivity index (χ0v) is 6.84. The van der Waals surface area contributed by atoms with Gasteiger partial charge < -0.3 is 5.11 Å². The Morgan fingerprint density at radius 1 is 1.46 bits per heavy atom. The van der Waals surface area contributed by atoms with Crippen molar-refractivity contribution in [2.24, 2.45) is 0 Å². The fourth-order valence-electron chi connectivity index (χ4n) is 0.939. The van der Waals surface area contributed by atoms with Crippen LogP contribution in [0, 0.1) is 6.92 Å². The molecule has 0 fully saturated rings. The van der Waals surface area contributed by atoms with Crippen molar-refractivity contribution in [1.82, 2.24) is 4.98 Å². The highest BCUT2D eigenvalue weighted by Gasteiger charge is 2.40. The lowest BCUT2D eigenvalue weighted by Gasteiger charge is -2.15. The lowest BCUT2D eigenvalue weighted by atomic mass is 10.1. The number of hydrogen-bond donors (Lipinski definition) is 1. The zero-order valence-electron chi connectivity index (χ0n) is 6.84. The smallest absolute Gasteiger partial charge is 0.379 e.